The topological polar surface area (TPSA) is 98.1 Å². The Balaban J connectivity index is 4.57. The first-order valence-electron chi connectivity index (χ1n) is 4.24. The lowest BCUT2D eigenvalue weighted by molar-refractivity contribution is -0.149. The Bertz CT molecular complexity index is 198. The smallest absolute Gasteiger partial charge is 0.320 e. The van der Waals surface area contributed by atoms with E-state index in [2.05, 4.69) is 0 Å². The van der Waals surface area contributed by atoms with E-state index in [1.165, 1.54) is 18.7 Å². The molecule has 0 saturated heterocycles. The standard InChI is InChI=1S/C8H15NO5/c1-5(7(11)12)9(3-4-10)6(2)8(13)14/h5-6,10H,3-4H2,1-2H3,(H,11,12)(H,13,14). The molecule has 2 unspecified atom stereocenters. The van der Waals surface area contributed by atoms with Crippen molar-refractivity contribution < 1.29 is 24.9 Å². The summed E-state index contributed by atoms with van der Waals surface area (Å²) in [6.45, 7) is 2.53. The molecule has 3 N–H and O–H groups in total. The van der Waals surface area contributed by atoms with Crippen molar-refractivity contribution in [2.75, 3.05) is 13.2 Å². The van der Waals surface area contributed by atoms with Crippen molar-refractivity contribution in [3.63, 3.8) is 0 Å². The van der Waals surface area contributed by atoms with Gasteiger partial charge in [-0.05, 0) is 13.8 Å². The molecular formula is C8H15NO5. The highest BCUT2D eigenvalue weighted by Crippen LogP contribution is 2.05. The molecule has 0 aliphatic heterocycles. The van der Waals surface area contributed by atoms with Gasteiger partial charge in [-0.2, -0.15) is 0 Å². The fourth-order valence-corrected chi connectivity index (χ4v) is 1.12. The van der Waals surface area contributed by atoms with Gasteiger partial charge in [-0.15, -0.1) is 0 Å². The molecule has 82 valence electrons. The van der Waals surface area contributed by atoms with Crippen molar-refractivity contribution in [1.29, 1.82) is 0 Å². The van der Waals surface area contributed by atoms with Gasteiger partial charge in [-0.3, -0.25) is 14.5 Å². The van der Waals surface area contributed by atoms with E-state index in [1.54, 1.807) is 0 Å². The Kier molecular flexibility index (Phi) is 5.11. The van der Waals surface area contributed by atoms with Crippen LogP contribution in [0.1, 0.15) is 13.8 Å². The zero-order valence-corrected chi connectivity index (χ0v) is 8.17. The summed E-state index contributed by atoms with van der Waals surface area (Å²) in [5, 5.41) is 26.1. The molecule has 0 bridgehead atoms. The number of aliphatic hydroxyl groups excluding tert-OH is 1. The van der Waals surface area contributed by atoms with E-state index >= 15 is 0 Å². The number of rotatable bonds is 6. The fourth-order valence-electron chi connectivity index (χ4n) is 1.12. The van der Waals surface area contributed by atoms with E-state index < -0.39 is 24.0 Å². The van der Waals surface area contributed by atoms with Crippen LogP contribution in [0.5, 0.6) is 0 Å². The molecular weight excluding hydrogens is 190 g/mol. The average molecular weight is 205 g/mol. The van der Waals surface area contributed by atoms with Crippen LogP contribution in [0.15, 0.2) is 0 Å². The number of hydrogen-bond acceptors (Lipinski definition) is 4. The first-order valence-corrected chi connectivity index (χ1v) is 4.24. The van der Waals surface area contributed by atoms with Gasteiger partial charge in [0.05, 0.1) is 6.61 Å². The minimum Gasteiger partial charge on any atom is -0.480 e. The first kappa shape index (κ1) is 12.9. The number of aliphatic carboxylic acids is 2. The zero-order chi connectivity index (χ0) is 11.3. The number of carboxylic acids is 2. The molecule has 2 atom stereocenters. The normalized spacial score (nSPS) is 15.1. The van der Waals surface area contributed by atoms with Crippen LogP contribution in [0.25, 0.3) is 0 Å². The third-order valence-electron chi connectivity index (χ3n) is 2.07. The second-order valence-corrected chi connectivity index (χ2v) is 2.99. The molecule has 14 heavy (non-hydrogen) atoms. The molecule has 6 nitrogen and oxygen atoms in total. The van der Waals surface area contributed by atoms with Crippen LogP contribution >= 0.6 is 0 Å². The van der Waals surface area contributed by atoms with Crippen molar-refractivity contribution in [2.45, 2.75) is 25.9 Å². The summed E-state index contributed by atoms with van der Waals surface area (Å²) in [6.07, 6.45) is 0. The molecule has 0 saturated carbocycles. The molecule has 0 radical (unpaired) electrons. The van der Waals surface area contributed by atoms with E-state index in [-0.39, 0.29) is 13.2 Å². The molecule has 0 aromatic heterocycles. The third kappa shape index (κ3) is 3.31. The van der Waals surface area contributed by atoms with Crippen molar-refractivity contribution in [1.82, 2.24) is 4.90 Å². The molecule has 0 aromatic carbocycles. The van der Waals surface area contributed by atoms with Crippen LogP contribution in [0, 0.1) is 0 Å². The quantitative estimate of drug-likeness (QED) is 0.526. The molecule has 6 heteroatoms. The van der Waals surface area contributed by atoms with E-state index in [1.807, 2.05) is 0 Å². The monoisotopic (exact) mass is 205 g/mol. The van der Waals surface area contributed by atoms with Gasteiger partial charge in [0.25, 0.3) is 0 Å². The maximum atomic E-state index is 10.6. The summed E-state index contributed by atoms with van der Waals surface area (Å²) in [6, 6.07) is -1.85. The summed E-state index contributed by atoms with van der Waals surface area (Å²) >= 11 is 0. The number of aliphatic hydroxyl groups is 1. The summed E-state index contributed by atoms with van der Waals surface area (Å²) in [5.74, 6) is -2.21. The SMILES string of the molecule is CC(C(=O)O)N(CCO)C(C)C(=O)O. The number of carboxylic acid groups (broad SMARTS) is 2. The van der Waals surface area contributed by atoms with Gasteiger partial charge in [-0.25, -0.2) is 0 Å². The lowest BCUT2D eigenvalue weighted by atomic mass is 10.2. The Morgan fingerprint density at radius 1 is 1.14 bits per heavy atom. The van der Waals surface area contributed by atoms with Crippen molar-refractivity contribution in [3.8, 4) is 0 Å². The van der Waals surface area contributed by atoms with Crippen LogP contribution in [0.2, 0.25) is 0 Å². The van der Waals surface area contributed by atoms with Crippen LogP contribution in [-0.4, -0.2) is 57.4 Å². The molecule has 0 aliphatic rings. The van der Waals surface area contributed by atoms with Crippen LogP contribution in [0.3, 0.4) is 0 Å². The maximum Gasteiger partial charge on any atom is 0.320 e. The van der Waals surface area contributed by atoms with Gasteiger partial charge < -0.3 is 15.3 Å². The Morgan fingerprint density at radius 2 is 1.50 bits per heavy atom. The molecule has 0 heterocycles. The van der Waals surface area contributed by atoms with Gasteiger partial charge in [0.15, 0.2) is 0 Å². The van der Waals surface area contributed by atoms with Crippen molar-refractivity contribution >= 4 is 11.9 Å². The summed E-state index contributed by atoms with van der Waals surface area (Å²) in [7, 11) is 0. The van der Waals surface area contributed by atoms with Gasteiger partial charge in [0.1, 0.15) is 12.1 Å². The molecule has 0 amide bonds. The number of hydrogen-bond donors (Lipinski definition) is 3. The van der Waals surface area contributed by atoms with Gasteiger partial charge in [0.2, 0.25) is 0 Å². The van der Waals surface area contributed by atoms with Gasteiger partial charge in [0, 0.05) is 6.54 Å². The Hall–Kier alpha value is -1.14. The highest BCUT2D eigenvalue weighted by molar-refractivity contribution is 5.76. The third-order valence-corrected chi connectivity index (χ3v) is 2.07. The number of carbonyl (C=O) groups is 2. The summed E-state index contributed by atoms with van der Waals surface area (Å²) in [5.41, 5.74) is 0. The first-order chi connectivity index (χ1) is 6.41. The number of nitrogens with zero attached hydrogens (tertiary/aromatic N) is 1. The average Bonchev–Trinajstić information content (AvgIpc) is 2.11. The van der Waals surface area contributed by atoms with Gasteiger partial charge in [-0.1, -0.05) is 0 Å². The maximum absolute atomic E-state index is 10.6. The van der Waals surface area contributed by atoms with Crippen LogP contribution in [-0.2, 0) is 9.59 Å². The molecule has 0 aliphatic carbocycles. The molecule has 0 rings (SSSR count). The van der Waals surface area contributed by atoms with Crippen LogP contribution < -0.4 is 0 Å². The summed E-state index contributed by atoms with van der Waals surface area (Å²) < 4.78 is 0. The minimum atomic E-state index is -1.11. The fraction of sp³-hybridized carbons (Fsp3) is 0.750. The largest absolute Gasteiger partial charge is 0.480 e. The van der Waals surface area contributed by atoms with Crippen LogP contribution in [0.4, 0.5) is 0 Å². The van der Waals surface area contributed by atoms with Crippen molar-refractivity contribution in [2.24, 2.45) is 0 Å². The van der Waals surface area contributed by atoms with E-state index in [4.69, 9.17) is 15.3 Å². The Labute approximate surface area is 81.8 Å². The second-order valence-electron chi connectivity index (χ2n) is 2.99. The Morgan fingerprint density at radius 3 is 1.71 bits per heavy atom. The molecule has 0 spiro atoms. The zero-order valence-electron chi connectivity index (χ0n) is 8.17. The molecule has 0 aromatic rings. The predicted octanol–water partition coefficient (Wildman–Crippen LogP) is -0.773. The highest BCUT2D eigenvalue weighted by Gasteiger charge is 2.28. The van der Waals surface area contributed by atoms with E-state index in [9.17, 15) is 9.59 Å². The van der Waals surface area contributed by atoms with Crippen molar-refractivity contribution in [3.05, 3.63) is 0 Å². The predicted molar refractivity (Wildman–Crippen MR) is 48.0 cm³/mol. The summed E-state index contributed by atoms with van der Waals surface area (Å²) in [4.78, 5) is 22.5. The minimum absolute atomic E-state index is 0.0287. The lowest BCUT2D eigenvalue weighted by Gasteiger charge is -2.28. The van der Waals surface area contributed by atoms with E-state index in [0.717, 1.165) is 0 Å². The second kappa shape index (κ2) is 5.56. The lowest BCUT2D eigenvalue weighted by Crippen LogP contribution is -2.49. The highest BCUT2D eigenvalue weighted by atomic mass is 16.4. The van der Waals surface area contributed by atoms with E-state index in [0.29, 0.717) is 0 Å². The molecule has 0 fully saturated rings. The van der Waals surface area contributed by atoms with Gasteiger partial charge >= 0.3 is 11.9 Å².